The molecule has 0 amide bonds. The molecule has 0 aromatic rings. The monoisotopic (exact) mass is 520 g/mol. The second kappa shape index (κ2) is 22.9. The quantitative estimate of drug-likeness (QED) is 0.0719. The van der Waals surface area contributed by atoms with Gasteiger partial charge in [0.2, 0.25) is 0 Å². The first-order valence-electron chi connectivity index (χ1n) is 14.3. The molecule has 210 valence electrons. The third kappa shape index (κ3) is 26.6. The number of methoxy groups -OCH3 is 1. The van der Waals surface area contributed by atoms with Crippen LogP contribution in [0.5, 0.6) is 0 Å². The highest BCUT2D eigenvalue weighted by molar-refractivity contribution is 7.56. The molecule has 0 bridgehead atoms. The van der Waals surface area contributed by atoms with Crippen LogP contribution in [0.2, 0.25) is 0 Å². The maximum Gasteiger partial charge on any atom is 0.351 e. The van der Waals surface area contributed by atoms with Crippen LogP contribution in [0.25, 0.3) is 0 Å². The van der Waals surface area contributed by atoms with Crippen LogP contribution in [0.4, 0.5) is 0 Å². The zero-order valence-electron chi connectivity index (χ0n) is 23.8. The van der Waals surface area contributed by atoms with Gasteiger partial charge in [0.1, 0.15) is 13.2 Å². The Morgan fingerprint density at radius 2 is 1.23 bits per heavy atom. The number of ether oxygens (including phenoxy) is 2. The predicted octanol–water partition coefficient (Wildman–Crippen LogP) is 7.70. The number of hydrogen-bond donors (Lipinski definition) is 1. The summed E-state index contributed by atoms with van der Waals surface area (Å²) in [5.41, 5.74) is 0. The average molecular weight is 521 g/mol. The van der Waals surface area contributed by atoms with Crippen molar-refractivity contribution < 1.29 is 27.9 Å². The molecule has 0 fully saturated rings. The van der Waals surface area contributed by atoms with E-state index in [-0.39, 0.29) is 12.7 Å². The lowest BCUT2D eigenvalue weighted by molar-refractivity contribution is -0.870. The van der Waals surface area contributed by atoms with Crippen LogP contribution in [0.3, 0.4) is 0 Å². The molecule has 0 aromatic carbocycles. The molecule has 1 unspecified atom stereocenters. The summed E-state index contributed by atoms with van der Waals surface area (Å²) in [6.45, 7) is 4.25. The first-order valence-corrected chi connectivity index (χ1v) is 15.9. The number of quaternary nitrogens is 1. The number of hydrogen-bond acceptors (Lipinski definition) is 4. The molecule has 0 saturated heterocycles. The Morgan fingerprint density at radius 1 is 0.771 bits per heavy atom. The van der Waals surface area contributed by atoms with Crippen LogP contribution in [0.1, 0.15) is 110 Å². The molecule has 0 radical (unpaired) electrons. The van der Waals surface area contributed by atoms with Gasteiger partial charge in [-0.2, -0.15) is 0 Å². The SMILES string of the molecule is CCCCCCCCCCCCCCCCCCOC[C@@H](/C=C/P(=O)(O)OCC[N+](C)(C)C)OC. The fourth-order valence-electron chi connectivity index (χ4n) is 3.85. The van der Waals surface area contributed by atoms with Gasteiger partial charge in [0.25, 0.3) is 0 Å². The van der Waals surface area contributed by atoms with Gasteiger partial charge in [0.15, 0.2) is 0 Å². The third-order valence-corrected chi connectivity index (χ3v) is 7.36. The van der Waals surface area contributed by atoms with Gasteiger partial charge < -0.3 is 18.9 Å². The summed E-state index contributed by atoms with van der Waals surface area (Å²) in [6.07, 6.45) is 22.9. The first-order chi connectivity index (χ1) is 16.7. The summed E-state index contributed by atoms with van der Waals surface area (Å²) >= 11 is 0. The topological polar surface area (TPSA) is 65.0 Å². The summed E-state index contributed by atoms with van der Waals surface area (Å²) in [7, 11) is 3.87. The highest BCUT2D eigenvalue weighted by Crippen LogP contribution is 2.43. The number of unbranched alkanes of at least 4 members (excludes halogenated alkanes) is 15. The lowest BCUT2D eigenvalue weighted by atomic mass is 10.0. The average Bonchev–Trinajstić information content (AvgIpc) is 2.79. The Morgan fingerprint density at radius 3 is 1.66 bits per heavy atom. The van der Waals surface area contributed by atoms with Gasteiger partial charge in [0, 0.05) is 19.5 Å². The van der Waals surface area contributed by atoms with Crippen LogP contribution < -0.4 is 0 Å². The Hall–Kier alpha value is -0.230. The molecule has 1 N–H and O–H groups in total. The Balaban J connectivity index is 3.57. The molecule has 0 aliphatic heterocycles. The zero-order chi connectivity index (χ0) is 26.3. The van der Waals surface area contributed by atoms with Crippen molar-refractivity contribution in [2.75, 3.05) is 54.6 Å². The van der Waals surface area contributed by atoms with Gasteiger partial charge in [-0.25, -0.2) is 0 Å². The van der Waals surface area contributed by atoms with Crippen molar-refractivity contribution in [1.82, 2.24) is 0 Å². The van der Waals surface area contributed by atoms with E-state index < -0.39 is 7.60 Å². The van der Waals surface area contributed by atoms with E-state index in [1.807, 2.05) is 21.1 Å². The second-order valence-electron chi connectivity index (χ2n) is 10.9. The Bertz CT molecular complexity index is 536. The van der Waals surface area contributed by atoms with Crippen molar-refractivity contribution in [2.45, 2.75) is 116 Å². The second-order valence-corrected chi connectivity index (χ2v) is 12.6. The number of likely N-dealkylation sites (N-methyl/N-ethyl adjacent to an activating group) is 1. The van der Waals surface area contributed by atoms with Gasteiger partial charge in [-0.3, -0.25) is 9.09 Å². The van der Waals surface area contributed by atoms with E-state index in [1.54, 1.807) is 13.2 Å². The van der Waals surface area contributed by atoms with E-state index in [2.05, 4.69) is 6.92 Å². The fraction of sp³-hybridized carbons (Fsp3) is 0.929. The molecule has 0 heterocycles. The van der Waals surface area contributed by atoms with Crippen LogP contribution in [0.15, 0.2) is 11.9 Å². The Kier molecular flexibility index (Phi) is 22.8. The highest BCUT2D eigenvalue weighted by atomic mass is 31.2. The smallest absolute Gasteiger partial charge is 0.351 e. The molecule has 0 spiro atoms. The number of rotatable bonds is 26. The molecule has 0 rings (SSSR count). The molecule has 2 atom stereocenters. The molecule has 0 aromatic heterocycles. The molecular formula is C28H59NO5P+. The minimum absolute atomic E-state index is 0.231. The lowest BCUT2D eigenvalue weighted by Gasteiger charge is -2.23. The van der Waals surface area contributed by atoms with Crippen molar-refractivity contribution in [3.8, 4) is 0 Å². The summed E-state index contributed by atoms with van der Waals surface area (Å²) in [5, 5.41) is 0. The van der Waals surface area contributed by atoms with E-state index in [9.17, 15) is 9.46 Å². The normalized spacial score (nSPS) is 15.0. The highest BCUT2D eigenvalue weighted by Gasteiger charge is 2.18. The first kappa shape index (κ1) is 34.8. The maximum atomic E-state index is 12.1. The van der Waals surface area contributed by atoms with Crippen molar-refractivity contribution >= 4 is 7.60 Å². The van der Waals surface area contributed by atoms with Crippen molar-refractivity contribution in [2.24, 2.45) is 0 Å². The van der Waals surface area contributed by atoms with Gasteiger partial charge in [-0.1, -0.05) is 103 Å². The molecule has 0 saturated carbocycles. The zero-order valence-corrected chi connectivity index (χ0v) is 24.7. The van der Waals surface area contributed by atoms with Gasteiger partial charge in [-0.15, -0.1) is 0 Å². The number of nitrogens with zero attached hydrogens (tertiary/aromatic N) is 1. The summed E-state index contributed by atoms with van der Waals surface area (Å²) < 4.78 is 29.0. The van der Waals surface area contributed by atoms with Crippen molar-refractivity contribution in [3.63, 3.8) is 0 Å². The molecule has 6 nitrogen and oxygen atoms in total. The van der Waals surface area contributed by atoms with E-state index in [1.165, 1.54) is 102 Å². The molecule has 35 heavy (non-hydrogen) atoms. The lowest BCUT2D eigenvalue weighted by Crippen LogP contribution is -2.37. The van der Waals surface area contributed by atoms with Gasteiger partial charge in [-0.05, 0) is 12.5 Å². The van der Waals surface area contributed by atoms with E-state index in [0.29, 0.717) is 24.2 Å². The van der Waals surface area contributed by atoms with Crippen LogP contribution in [-0.4, -0.2) is 70.1 Å². The molecule has 7 heteroatoms. The van der Waals surface area contributed by atoms with Crippen LogP contribution in [-0.2, 0) is 18.6 Å². The van der Waals surface area contributed by atoms with Gasteiger partial charge in [0.05, 0.1) is 33.9 Å². The van der Waals surface area contributed by atoms with E-state index in [4.69, 9.17) is 14.0 Å². The minimum Gasteiger partial charge on any atom is -0.378 e. The fourth-order valence-corrected chi connectivity index (χ4v) is 4.69. The summed E-state index contributed by atoms with van der Waals surface area (Å²) in [5.74, 6) is 1.22. The molecule has 0 aliphatic carbocycles. The third-order valence-electron chi connectivity index (χ3n) is 6.25. The predicted molar refractivity (Wildman–Crippen MR) is 149 cm³/mol. The minimum atomic E-state index is -3.75. The van der Waals surface area contributed by atoms with Crippen LogP contribution in [0, 0.1) is 0 Å². The van der Waals surface area contributed by atoms with E-state index >= 15 is 0 Å². The van der Waals surface area contributed by atoms with Crippen LogP contribution >= 0.6 is 7.60 Å². The van der Waals surface area contributed by atoms with Gasteiger partial charge >= 0.3 is 7.60 Å². The standard InChI is InChI=1S/C28H58NO5P/c1-6-7-8-9-10-11-12-13-14-15-16-17-18-19-20-21-24-33-27-28(32-5)22-26-35(30,31)34-25-23-29(2,3)4/h22,26,28H,6-21,23-25,27H2,1-5H3/p+1/b26-22+/t28-/m1/s1. The molecule has 0 aliphatic rings. The molecular weight excluding hydrogens is 461 g/mol. The summed E-state index contributed by atoms with van der Waals surface area (Å²) in [4.78, 5) is 9.93. The summed E-state index contributed by atoms with van der Waals surface area (Å²) in [6, 6.07) is 0. The largest absolute Gasteiger partial charge is 0.378 e. The van der Waals surface area contributed by atoms with E-state index in [0.717, 1.165) is 6.42 Å². The van der Waals surface area contributed by atoms with Crippen molar-refractivity contribution in [3.05, 3.63) is 11.9 Å². The Labute approximate surface area is 217 Å². The maximum absolute atomic E-state index is 12.1. The van der Waals surface area contributed by atoms with Crippen molar-refractivity contribution in [1.29, 1.82) is 0 Å².